The van der Waals surface area contributed by atoms with E-state index in [4.69, 9.17) is 9.47 Å². The van der Waals surface area contributed by atoms with Crippen LogP contribution in [0.2, 0.25) is 0 Å². The van der Waals surface area contributed by atoms with Crippen LogP contribution in [-0.4, -0.2) is 55.0 Å². The Morgan fingerprint density at radius 2 is 2.00 bits per heavy atom. The molecule has 0 aromatic carbocycles. The number of carbonyl (C=O) groups is 1. The normalized spacial score (nSPS) is 29.9. The molecule has 2 rings (SSSR count). The zero-order valence-electron chi connectivity index (χ0n) is 13.9. The molecule has 1 aliphatic carbocycles. The summed E-state index contributed by atoms with van der Waals surface area (Å²) in [6.07, 6.45) is 5.77. The minimum atomic E-state index is -0.426. The Morgan fingerprint density at radius 3 is 2.67 bits per heavy atom. The van der Waals surface area contributed by atoms with Gasteiger partial charge in [-0.05, 0) is 52.9 Å². The first-order valence-electron chi connectivity index (χ1n) is 8.16. The van der Waals surface area contributed by atoms with Crippen LogP contribution in [0.1, 0.15) is 52.9 Å². The standard InChI is InChI=1S/C16H30N2O3/c1-16(2,3)21-15(19)18-10-6-7-12(18)11-17-13-8-5-9-14(13)20-4/h12-14,17H,5-11H2,1-4H3. The molecule has 3 unspecified atom stereocenters. The van der Waals surface area contributed by atoms with Crippen LogP contribution in [0.15, 0.2) is 0 Å². The number of rotatable bonds is 4. The third-order valence-electron chi connectivity index (χ3n) is 4.38. The summed E-state index contributed by atoms with van der Waals surface area (Å²) in [5, 5.41) is 3.60. The van der Waals surface area contributed by atoms with Crippen LogP contribution in [0.5, 0.6) is 0 Å². The van der Waals surface area contributed by atoms with Crippen LogP contribution < -0.4 is 5.32 Å². The molecule has 2 fully saturated rings. The number of carbonyl (C=O) groups excluding carboxylic acids is 1. The number of amides is 1. The molecule has 3 atom stereocenters. The molecule has 1 amide bonds. The Bertz CT molecular complexity index is 354. The van der Waals surface area contributed by atoms with E-state index in [0.29, 0.717) is 12.1 Å². The van der Waals surface area contributed by atoms with Gasteiger partial charge >= 0.3 is 6.09 Å². The lowest BCUT2D eigenvalue weighted by molar-refractivity contribution is 0.0218. The molecule has 0 aromatic heterocycles. The minimum absolute atomic E-state index is 0.179. The Balaban J connectivity index is 1.83. The topological polar surface area (TPSA) is 50.8 Å². The summed E-state index contributed by atoms with van der Waals surface area (Å²) in [4.78, 5) is 14.1. The highest BCUT2D eigenvalue weighted by molar-refractivity contribution is 5.69. The van der Waals surface area contributed by atoms with Gasteiger partial charge in [0.15, 0.2) is 0 Å². The lowest BCUT2D eigenvalue weighted by atomic mass is 10.1. The van der Waals surface area contributed by atoms with Crippen molar-refractivity contribution < 1.29 is 14.3 Å². The van der Waals surface area contributed by atoms with Gasteiger partial charge < -0.3 is 19.7 Å². The lowest BCUT2D eigenvalue weighted by Crippen LogP contribution is -2.47. The number of methoxy groups -OCH3 is 1. The molecule has 5 heteroatoms. The van der Waals surface area contributed by atoms with Gasteiger partial charge in [-0.25, -0.2) is 4.79 Å². The van der Waals surface area contributed by atoms with E-state index in [9.17, 15) is 4.79 Å². The molecule has 1 heterocycles. The molecule has 0 spiro atoms. The molecule has 2 aliphatic rings. The van der Waals surface area contributed by atoms with Crippen molar-refractivity contribution in [1.82, 2.24) is 10.2 Å². The second kappa shape index (κ2) is 6.97. The van der Waals surface area contributed by atoms with Crippen LogP contribution in [0.4, 0.5) is 4.79 Å². The monoisotopic (exact) mass is 298 g/mol. The Labute approximate surface area is 128 Å². The van der Waals surface area contributed by atoms with Crippen molar-refractivity contribution in [1.29, 1.82) is 0 Å². The van der Waals surface area contributed by atoms with Gasteiger partial charge in [0, 0.05) is 32.3 Å². The molecule has 5 nitrogen and oxygen atoms in total. The molecule has 122 valence electrons. The molecular formula is C16H30N2O3. The van der Waals surface area contributed by atoms with E-state index in [2.05, 4.69) is 5.32 Å². The Hall–Kier alpha value is -0.810. The highest BCUT2D eigenvalue weighted by Crippen LogP contribution is 2.24. The van der Waals surface area contributed by atoms with Gasteiger partial charge in [-0.3, -0.25) is 0 Å². The van der Waals surface area contributed by atoms with Gasteiger partial charge in [0.1, 0.15) is 5.60 Å². The number of hydrogen-bond acceptors (Lipinski definition) is 4. The summed E-state index contributed by atoms with van der Waals surface area (Å²) in [7, 11) is 1.78. The summed E-state index contributed by atoms with van der Waals surface area (Å²) in [6.45, 7) is 7.38. The SMILES string of the molecule is COC1CCCC1NCC1CCCN1C(=O)OC(C)(C)C. The van der Waals surface area contributed by atoms with E-state index in [-0.39, 0.29) is 12.1 Å². The maximum absolute atomic E-state index is 12.2. The molecular weight excluding hydrogens is 268 g/mol. The van der Waals surface area contributed by atoms with E-state index in [1.54, 1.807) is 7.11 Å². The number of nitrogens with one attached hydrogen (secondary N) is 1. The van der Waals surface area contributed by atoms with Crippen molar-refractivity contribution in [3.8, 4) is 0 Å². The summed E-state index contributed by atoms with van der Waals surface area (Å²) < 4.78 is 11.0. The molecule has 1 N–H and O–H groups in total. The summed E-state index contributed by atoms with van der Waals surface area (Å²) >= 11 is 0. The second-order valence-corrected chi connectivity index (χ2v) is 7.19. The predicted octanol–water partition coefficient (Wildman–Crippen LogP) is 2.54. The van der Waals surface area contributed by atoms with E-state index >= 15 is 0 Å². The van der Waals surface area contributed by atoms with Crippen LogP contribution in [-0.2, 0) is 9.47 Å². The van der Waals surface area contributed by atoms with Crippen LogP contribution in [0.3, 0.4) is 0 Å². The van der Waals surface area contributed by atoms with Crippen LogP contribution >= 0.6 is 0 Å². The molecule has 0 bridgehead atoms. The van der Waals surface area contributed by atoms with E-state index in [0.717, 1.165) is 38.8 Å². The Kier molecular flexibility index (Phi) is 5.49. The van der Waals surface area contributed by atoms with Crippen LogP contribution in [0.25, 0.3) is 0 Å². The smallest absolute Gasteiger partial charge is 0.410 e. The highest BCUT2D eigenvalue weighted by atomic mass is 16.6. The van der Waals surface area contributed by atoms with Gasteiger partial charge in [-0.2, -0.15) is 0 Å². The maximum atomic E-state index is 12.2. The van der Waals surface area contributed by atoms with Crippen molar-refractivity contribution in [2.75, 3.05) is 20.2 Å². The average molecular weight is 298 g/mol. The van der Waals surface area contributed by atoms with E-state index in [1.807, 2.05) is 25.7 Å². The Morgan fingerprint density at radius 1 is 1.24 bits per heavy atom. The highest BCUT2D eigenvalue weighted by Gasteiger charge is 2.33. The fourth-order valence-corrected chi connectivity index (χ4v) is 3.34. The van der Waals surface area contributed by atoms with Crippen molar-refractivity contribution in [3.63, 3.8) is 0 Å². The van der Waals surface area contributed by atoms with Gasteiger partial charge in [-0.1, -0.05) is 0 Å². The van der Waals surface area contributed by atoms with Crippen molar-refractivity contribution in [2.24, 2.45) is 0 Å². The summed E-state index contributed by atoms with van der Waals surface area (Å²) in [5.74, 6) is 0. The molecule has 1 aliphatic heterocycles. The third-order valence-corrected chi connectivity index (χ3v) is 4.38. The van der Waals surface area contributed by atoms with Gasteiger partial charge in [-0.15, -0.1) is 0 Å². The zero-order valence-corrected chi connectivity index (χ0v) is 13.9. The number of nitrogens with zero attached hydrogens (tertiary/aromatic N) is 1. The fraction of sp³-hybridized carbons (Fsp3) is 0.938. The number of likely N-dealkylation sites (tertiary alicyclic amines) is 1. The predicted molar refractivity (Wildman–Crippen MR) is 82.4 cm³/mol. The van der Waals surface area contributed by atoms with Gasteiger partial charge in [0.2, 0.25) is 0 Å². The molecule has 1 saturated carbocycles. The first-order valence-corrected chi connectivity index (χ1v) is 8.16. The van der Waals surface area contributed by atoms with Crippen LogP contribution in [0, 0.1) is 0 Å². The first kappa shape index (κ1) is 16.6. The molecule has 21 heavy (non-hydrogen) atoms. The van der Waals surface area contributed by atoms with Gasteiger partial charge in [0.25, 0.3) is 0 Å². The minimum Gasteiger partial charge on any atom is -0.444 e. The molecule has 0 aromatic rings. The average Bonchev–Trinajstić information content (AvgIpc) is 3.02. The summed E-state index contributed by atoms with van der Waals surface area (Å²) in [5.41, 5.74) is -0.426. The zero-order chi connectivity index (χ0) is 15.5. The largest absolute Gasteiger partial charge is 0.444 e. The second-order valence-electron chi connectivity index (χ2n) is 7.19. The molecule has 1 saturated heterocycles. The van der Waals surface area contributed by atoms with E-state index in [1.165, 1.54) is 6.42 Å². The lowest BCUT2D eigenvalue weighted by Gasteiger charge is -2.30. The summed E-state index contributed by atoms with van der Waals surface area (Å²) in [6, 6.07) is 0.675. The van der Waals surface area contributed by atoms with E-state index < -0.39 is 5.60 Å². The fourth-order valence-electron chi connectivity index (χ4n) is 3.34. The first-order chi connectivity index (χ1) is 9.90. The quantitative estimate of drug-likeness (QED) is 0.866. The van der Waals surface area contributed by atoms with Crippen molar-refractivity contribution in [2.45, 2.75) is 76.7 Å². The van der Waals surface area contributed by atoms with Crippen molar-refractivity contribution in [3.05, 3.63) is 0 Å². The molecule has 0 radical (unpaired) electrons. The number of ether oxygens (including phenoxy) is 2. The van der Waals surface area contributed by atoms with Crippen molar-refractivity contribution >= 4 is 6.09 Å². The number of hydrogen-bond donors (Lipinski definition) is 1. The maximum Gasteiger partial charge on any atom is 0.410 e. The van der Waals surface area contributed by atoms with Gasteiger partial charge in [0.05, 0.1) is 6.10 Å². The third kappa shape index (κ3) is 4.58.